The highest BCUT2D eigenvalue weighted by atomic mass is 16.5. The summed E-state index contributed by atoms with van der Waals surface area (Å²) in [7, 11) is 1.28. The van der Waals surface area contributed by atoms with Crippen molar-refractivity contribution in [3.05, 3.63) is 24.3 Å². The third kappa shape index (κ3) is 5.76. The minimum atomic E-state index is -0.432. The molecule has 104 valence electrons. The third-order valence-electron chi connectivity index (χ3n) is 2.28. The lowest BCUT2D eigenvalue weighted by Gasteiger charge is -2.08. The quantitative estimate of drug-likeness (QED) is 0.589. The van der Waals surface area contributed by atoms with Gasteiger partial charge in [-0.15, -0.1) is 0 Å². The predicted octanol–water partition coefficient (Wildman–Crippen LogP) is 1.14. The van der Waals surface area contributed by atoms with Crippen molar-refractivity contribution in [2.75, 3.05) is 26.1 Å². The number of methoxy groups -OCH3 is 1. The van der Waals surface area contributed by atoms with Gasteiger partial charge in [0.25, 0.3) is 0 Å². The number of para-hydroxylation sites is 2. The molecular weight excluding hydrogens is 250 g/mol. The summed E-state index contributed by atoms with van der Waals surface area (Å²) in [6.07, 6.45) is 0.143. The highest BCUT2D eigenvalue weighted by molar-refractivity contribution is 5.71. The monoisotopic (exact) mass is 267 g/mol. The predicted molar refractivity (Wildman–Crippen MR) is 68.6 cm³/mol. The number of nitrogens with two attached hydrogens (primary N) is 1. The van der Waals surface area contributed by atoms with Gasteiger partial charge in [-0.1, -0.05) is 12.1 Å². The van der Waals surface area contributed by atoms with E-state index in [2.05, 4.69) is 4.74 Å². The van der Waals surface area contributed by atoms with E-state index in [9.17, 15) is 9.59 Å². The molecule has 0 radical (unpaired) electrons. The zero-order valence-electron chi connectivity index (χ0n) is 10.8. The Morgan fingerprint density at radius 2 is 1.79 bits per heavy atom. The Labute approximate surface area is 111 Å². The van der Waals surface area contributed by atoms with Gasteiger partial charge in [-0.25, -0.2) is 0 Å². The molecule has 1 aromatic carbocycles. The minimum absolute atomic E-state index is 0.0129. The zero-order chi connectivity index (χ0) is 14.1. The molecule has 0 heterocycles. The molecule has 0 spiro atoms. The Bertz CT molecular complexity index is 433. The van der Waals surface area contributed by atoms with Gasteiger partial charge in [0.2, 0.25) is 0 Å². The van der Waals surface area contributed by atoms with Crippen molar-refractivity contribution in [2.45, 2.75) is 12.8 Å². The molecule has 0 aromatic heterocycles. The maximum atomic E-state index is 11.3. The summed E-state index contributed by atoms with van der Waals surface area (Å²) in [5.74, 6) is -0.315. The van der Waals surface area contributed by atoms with Gasteiger partial charge in [0.05, 0.1) is 32.2 Å². The molecule has 19 heavy (non-hydrogen) atoms. The fourth-order valence-electron chi connectivity index (χ4n) is 1.28. The van der Waals surface area contributed by atoms with Crippen LogP contribution in [0.2, 0.25) is 0 Å². The fraction of sp³-hybridized carbons (Fsp3) is 0.385. The number of carbonyl (C=O) groups excluding carboxylic acids is 2. The van der Waals surface area contributed by atoms with E-state index in [4.69, 9.17) is 15.2 Å². The van der Waals surface area contributed by atoms with Crippen LogP contribution in [0.1, 0.15) is 12.8 Å². The first-order valence-corrected chi connectivity index (χ1v) is 5.83. The Hall–Kier alpha value is -2.24. The highest BCUT2D eigenvalue weighted by Crippen LogP contribution is 2.19. The Kier molecular flexibility index (Phi) is 6.21. The molecule has 6 nitrogen and oxygen atoms in total. The summed E-state index contributed by atoms with van der Waals surface area (Å²) in [5, 5.41) is 0. The van der Waals surface area contributed by atoms with Gasteiger partial charge < -0.3 is 19.9 Å². The number of carbonyl (C=O) groups is 2. The van der Waals surface area contributed by atoms with E-state index in [0.29, 0.717) is 11.4 Å². The second-order valence-corrected chi connectivity index (χ2v) is 3.68. The number of nitrogen functional groups attached to an aromatic ring is 1. The lowest BCUT2D eigenvalue weighted by molar-refractivity contribution is -0.148. The van der Waals surface area contributed by atoms with Gasteiger partial charge in [0.1, 0.15) is 12.4 Å². The van der Waals surface area contributed by atoms with Gasteiger partial charge in [-0.05, 0) is 12.1 Å². The average Bonchev–Trinajstić information content (AvgIpc) is 2.40. The molecule has 0 aliphatic carbocycles. The number of benzene rings is 1. The standard InChI is InChI=1S/C13H17NO5/c1-17-12(15)6-9-19-13(16)7-8-18-11-5-3-2-4-10(11)14/h2-5H,6-9,14H2,1H3. The summed E-state index contributed by atoms with van der Waals surface area (Å²) in [6, 6.07) is 7.02. The number of hydrogen-bond donors (Lipinski definition) is 1. The number of ether oxygens (including phenoxy) is 3. The zero-order valence-corrected chi connectivity index (χ0v) is 10.8. The van der Waals surface area contributed by atoms with E-state index in [-0.39, 0.29) is 26.1 Å². The maximum Gasteiger partial charge on any atom is 0.309 e. The van der Waals surface area contributed by atoms with Crippen LogP contribution in [0.4, 0.5) is 5.69 Å². The van der Waals surface area contributed by atoms with Crippen LogP contribution in [0, 0.1) is 0 Å². The average molecular weight is 267 g/mol. The summed E-state index contributed by atoms with van der Waals surface area (Å²) in [6.45, 7) is 0.185. The normalized spacial score (nSPS) is 9.74. The molecular formula is C13H17NO5. The van der Waals surface area contributed by atoms with E-state index in [1.165, 1.54) is 7.11 Å². The van der Waals surface area contributed by atoms with Gasteiger partial charge in [0.15, 0.2) is 0 Å². The first kappa shape index (κ1) is 14.8. The molecule has 0 aliphatic rings. The smallest absolute Gasteiger partial charge is 0.309 e. The fourth-order valence-corrected chi connectivity index (χ4v) is 1.28. The number of hydrogen-bond acceptors (Lipinski definition) is 6. The van der Waals surface area contributed by atoms with Crippen LogP contribution in [0.15, 0.2) is 24.3 Å². The number of rotatable bonds is 7. The summed E-state index contributed by atoms with van der Waals surface area (Å²) in [4.78, 5) is 22.1. The molecule has 0 atom stereocenters. The minimum Gasteiger partial charge on any atom is -0.491 e. The summed E-state index contributed by atoms with van der Waals surface area (Å²) in [5.41, 5.74) is 6.19. The molecule has 0 amide bonds. The molecule has 0 bridgehead atoms. The van der Waals surface area contributed by atoms with Crippen molar-refractivity contribution in [3.8, 4) is 5.75 Å². The van der Waals surface area contributed by atoms with Crippen LogP contribution in [0.3, 0.4) is 0 Å². The van der Waals surface area contributed by atoms with Crippen molar-refractivity contribution in [1.82, 2.24) is 0 Å². The molecule has 0 fully saturated rings. The second kappa shape index (κ2) is 7.97. The van der Waals surface area contributed by atoms with Crippen LogP contribution in [-0.4, -0.2) is 32.3 Å². The van der Waals surface area contributed by atoms with E-state index in [0.717, 1.165) is 0 Å². The Morgan fingerprint density at radius 3 is 2.47 bits per heavy atom. The Morgan fingerprint density at radius 1 is 1.11 bits per heavy atom. The van der Waals surface area contributed by atoms with Crippen LogP contribution in [0.25, 0.3) is 0 Å². The largest absolute Gasteiger partial charge is 0.491 e. The van der Waals surface area contributed by atoms with Gasteiger partial charge in [-0.3, -0.25) is 9.59 Å². The van der Waals surface area contributed by atoms with E-state index in [1.807, 2.05) is 0 Å². The van der Waals surface area contributed by atoms with E-state index >= 15 is 0 Å². The first-order chi connectivity index (χ1) is 9.13. The molecule has 6 heteroatoms. The number of anilines is 1. The van der Waals surface area contributed by atoms with Gasteiger partial charge >= 0.3 is 11.9 Å². The van der Waals surface area contributed by atoms with Crippen LogP contribution in [-0.2, 0) is 19.1 Å². The lowest BCUT2D eigenvalue weighted by Crippen LogP contribution is -2.13. The summed E-state index contributed by atoms with van der Waals surface area (Å²) < 4.78 is 14.6. The van der Waals surface area contributed by atoms with E-state index < -0.39 is 11.9 Å². The SMILES string of the molecule is COC(=O)CCOC(=O)CCOc1ccccc1N. The number of esters is 2. The van der Waals surface area contributed by atoms with Crippen molar-refractivity contribution >= 4 is 17.6 Å². The lowest BCUT2D eigenvalue weighted by atomic mass is 10.3. The molecule has 1 aromatic rings. The van der Waals surface area contributed by atoms with E-state index in [1.54, 1.807) is 24.3 Å². The Balaban J connectivity index is 2.17. The summed E-state index contributed by atoms with van der Waals surface area (Å²) >= 11 is 0. The van der Waals surface area contributed by atoms with Gasteiger partial charge in [0, 0.05) is 0 Å². The van der Waals surface area contributed by atoms with Crippen molar-refractivity contribution in [1.29, 1.82) is 0 Å². The van der Waals surface area contributed by atoms with Crippen molar-refractivity contribution in [3.63, 3.8) is 0 Å². The highest BCUT2D eigenvalue weighted by Gasteiger charge is 2.06. The molecule has 0 aliphatic heterocycles. The molecule has 1 rings (SSSR count). The topological polar surface area (TPSA) is 87.8 Å². The van der Waals surface area contributed by atoms with Gasteiger partial charge in [-0.2, -0.15) is 0 Å². The first-order valence-electron chi connectivity index (χ1n) is 5.83. The third-order valence-corrected chi connectivity index (χ3v) is 2.28. The van der Waals surface area contributed by atoms with Crippen molar-refractivity contribution in [2.24, 2.45) is 0 Å². The van der Waals surface area contributed by atoms with Crippen LogP contribution in [0.5, 0.6) is 5.75 Å². The second-order valence-electron chi connectivity index (χ2n) is 3.68. The molecule has 0 unspecified atom stereocenters. The molecule has 0 saturated carbocycles. The molecule has 2 N–H and O–H groups in total. The van der Waals surface area contributed by atoms with Crippen LogP contribution < -0.4 is 10.5 Å². The maximum absolute atomic E-state index is 11.3. The van der Waals surface area contributed by atoms with Crippen LogP contribution >= 0.6 is 0 Å². The van der Waals surface area contributed by atoms with Crippen molar-refractivity contribution < 1.29 is 23.8 Å². The molecule has 0 saturated heterocycles.